The summed E-state index contributed by atoms with van der Waals surface area (Å²) in [7, 11) is -3.88. The molecule has 106 valence electrons. The molecule has 0 amide bonds. The van der Waals surface area contributed by atoms with Gasteiger partial charge in [-0.05, 0) is 23.8 Å². The maximum absolute atomic E-state index is 12.1. The smallest absolute Gasteiger partial charge is 0.264 e. The first kappa shape index (κ1) is 15.1. The average Bonchev–Trinajstić information content (AvgIpc) is 2.69. The molecule has 1 N–H and O–H groups in total. The average molecular weight is 351 g/mol. The second-order valence-electron chi connectivity index (χ2n) is 3.66. The zero-order valence-electron chi connectivity index (χ0n) is 9.59. The lowest BCUT2D eigenvalue weighted by Gasteiger charge is -2.08. The van der Waals surface area contributed by atoms with Crippen LogP contribution in [0.15, 0.2) is 35.2 Å². The Bertz CT molecular complexity index is 753. The van der Waals surface area contributed by atoms with Gasteiger partial charge in [-0.1, -0.05) is 35.3 Å². The highest BCUT2D eigenvalue weighted by Crippen LogP contribution is 2.35. The van der Waals surface area contributed by atoms with E-state index in [1.807, 2.05) is 0 Å². The van der Waals surface area contributed by atoms with E-state index in [2.05, 4.69) is 4.72 Å². The topological polar surface area (TPSA) is 86.3 Å². The van der Waals surface area contributed by atoms with Crippen LogP contribution in [0.1, 0.15) is 10.4 Å². The van der Waals surface area contributed by atoms with Gasteiger partial charge in [-0.15, -0.1) is 11.3 Å². The normalized spacial score (nSPS) is 11.3. The highest BCUT2D eigenvalue weighted by Gasteiger charge is 2.21. The standard InChI is InChI=1S/C11H7Cl2NO4S2/c12-9-5-8(10(13)19-9)20(17,18)14-7-3-1-6(2-4-7)11(15)16/h1-5,14H,(H,15,16)/p-1. The van der Waals surface area contributed by atoms with Gasteiger partial charge in [0.15, 0.2) is 0 Å². The Labute approximate surface area is 128 Å². The Morgan fingerprint density at radius 3 is 2.25 bits per heavy atom. The molecule has 0 aliphatic heterocycles. The van der Waals surface area contributed by atoms with Gasteiger partial charge in [0.2, 0.25) is 0 Å². The molecule has 0 aliphatic rings. The van der Waals surface area contributed by atoms with Crippen molar-refractivity contribution in [2.45, 2.75) is 4.90 Å². The number of anilines is 1. The van der Waals surface area contributed by atoms with Gasteiger partial charge in [-0.3, -0.25) is 4.72 Å². The Morgan fingerprint density at radius 2 is 1.80 bits per heavy atom. The minimum absolute atomic E-state index is 0.0499. The van der Waals surface area contributed by atoms with E-state index >= 15 is 0 Å². The van der Waals surface area contributed by atoms with Gasteiger partial charge >= 0.3 is 0 Å². The van der Waals surface area contributed by atoms with Crippen LogP contribution in [-0.4, -0.2) is 14.4 Å². The quantitative estimate of drug-likeness (QED) is 0.915. The minimum atomic E-state index is -3.88. The van der Waals surface area contributed by atoms with Crippen molar-refractivity contribution < 1.29 is 18.3 Å². The third kappa shape index (κ3) is 3.24. The fraction of sp³-hybridized carbons (Fsp3) is 0. The first-order valence-corrected chi connectivity index (χ1v) is 8.14. The number of carbonyl (C=O) groups is 1. The first-order chi connectivity index (χ1) is 9.29. The van der Waals surface area contributed by atoms with Crippen LogP contribution in [0.2, 0.25) is 8.67 Å². The van der Waals surface area contributed by atoms with Gasteiger partial charge in [0.25, 0.3) is 10.0 Å². The van der Waals surface area contributed by atoms with Crippen LogP contribution in [0.3, 0.4) is 0 Å². The molecule has 0 unspecified atom stereocenters. The number of hydrogen-bond donors (Lipinski definition) is 1. The van der Waals surface area contributed by atoms with Gasteiger partial charge < -0.3 is 9.90 Å². The molecule has 2 rings (SSSR count). The highest BCUT2D eigenvalue weighted by atomic mass is 35.5. The van der Waals surface area contributed by atoms with E-state index in [0.717, 1.165) is 11.3 Å². The predicted octanol–water partition coefficient (Wildman–Crippen LogP) is 2.22. The number of aromatic carboxylic acids is 1. The molecule has 0 saturated carbocycles. The molecule has 0 atom stereocenters. The van der Waals surface area contributed by atoms with Crippen LogP contribution >= 0.6 is 34.5 Å². The second-order valence-corrected chi connectivity index (χ2v) is 7.60. The number of hydrogen-bond acceptors (Lipinski definition) is 5. The van der Waals surface area contributed by atoms with Crippen molar-refractivity contribution >= 4 is 56.2 Å². The number of carbonyl (C=O) groups excluding carboxylic acids is 1. The molecule has 0 bridgehead atoms. The number of carboxylic acids is 1. The molecule has 0 fully saturated rings. The van der Waals surface area contributed by atoms with E-state index in [-0.39, 0.29) is 24.8 Å². The van der Waals surface area contributed by atoms with E-state index in [1.165, 1.54) is 30.3 Å². The third-order valence-corrected chi connectivity index (χ3v) is 5.42. The molecule has 0 saturated heterocycles. The van der Waals surface area contributed by atoms with Crippen molar-refractivity contribution in [3.05, 3.63) is 44.6 Å². The lowest BCUT2D eigenvalue weighted by molar-refractivity contribution is -0.255. The summed E-state index contributed by atoms with van der Waals surface area (Å²) in [4.78, 5) is 10.5. The molecule has 20 heavy (non-hydrogen) atoms. The molecule has 1 aromatic heterocycles. The van der Waals surface area contributed by atoms with Crippen molar-refractivity contribution in [3.8, 4) is 0 Å². The molecule has 1 heterocycles. The van der Waals surface area contributed by atoms with Crippen molar-refractivity contribution in [3.63, 3.8) is 0 Å². The molecular formula is C11H6Cl2NO4S2-. The van der Waals surface area contributed by atoms with Crippen LogP contribution in [0.5, 0.6) is 0 Å². The summed E-state index contributed by atoms with van der Waals surface area (Å²) in [5.74, 6) is -1.34. The van der Waals surface area contributed by atoms with Gasteiger partial charge in [0, 0.05) is 5.69 Å². The third-order valence-electron chi connectivity index (χ3n) is 2.29. The number of sulfonamides is 1. The van der Waals surface area contributed by atoms with Gasteiger partial charge in [0.05, 0.1) is 10.3 Å². The minimum Gasteiger partial charge on any atom is -0.545 e. The second kappa shape index (κ2) is 5.61. The summed E-state index contributed by atoms with van der Waals surface area (Å²) in [6.45, 7) is 0. The number of carboxylic acid groups (broad SMARTS) is 1. The molecule has 2 aromatic rings. The fourth-order valence-corrected chi connectivity index (χ4v) is 4.60. The zero-order valence-corrected chi connectivity index (χ0v) is 12.7. The van der Waals surface area contributed by atoms with Crippen molar-refractivity contribution in [2.24, 2.45) is 0 Å². The van der Waals surface area contributed by atoms with Crippen molar-refractivity contribution in [1.82, 2.24) is 0 Å². The van der Waals surface area contributed by atoms with Crippen LogP contribution in [0.4, 0.5) is 5.69 Å². The Morgan fingerprint density at radius 1 is 1.20 bits per heavy atom. The summed E-state index contributed by atoms with van der Waals surface area (Å²) in [6, 6.07) is 6.33. The number of benzene rings is 1. The molecule has 9 heteroatoms. The van der Waals surface area contributed by atoms with Gasteiger partial charge in [-0.2, -0.15) is 0 Å². The largest absolute Gasteiger partial charge is 0.545 e. The van der Waals surface area contributed by atoms with Crippen LogP contribution in [0, 0.1) is 0 Å². The monoisotopic (exact) mass is 350 g/mol. The molecule has 5 nitrogen and oxygen atoms in total. The van der Waals surface area contributed by atoms with Gasteiger partial charge in [-0.25, -0.2) is 8.42 Å². The SMILES string of the molecule is O=C([O-])c1ccc(NS(=O)(=O)c2cc(Cl)sc2Cl)cc1. The van der Waals surface area contributed by atoms with Crippen molar-refractivity contribution in [1.29, 1.82) is 0 Å². The van der Waals surface area contributed by atoms with Gasteiger partial charge in [0.1, 0.15) is 9.23 Å². The Kier molecular flexibility index (Phi) is 4.24. The number of nitrogens with one attached hydrogen (secondary N) is 1. The van der Waals surface area contributed by atoms with E-state index in [4.69, 9.17) is 23.2 Å². The Balaban J connectivity index is 2.28. The maximum Gasteiger partial charge on any atom is 0.264 e. The summed E-state index contributed by atoms with van der Waals surface area (Å²) >= 11 is 12.4. The van der Waals surface area contributed by atoms with Crippen LogP contribution in [0.25, 0.3) is 0 Å². The highest BCUT2D eigenvalue weighted by molar-refractivity contribution is 7.93. The van der Waals surface area contributed by atoms with Crippen LogP contribution < -0.4 is 9.83 Å². The molecule has 0 radical (unpaired) electrons. The van der Waals surface area contributed by atoms with Crippen molar-refractivity contribution in [2.75, 3.05) is 4.72 Å². The summed E-state index contributed by atoms with van der Waals surface area (Å²) in [6.07, 6.45) is 0. The fourth-order valence-electron chi connectivity index (χ4n) is 1.39. The van der Waals surface area contributed by atoms with E-state index in [9.17, 15) is 18.3 Å². The molecular weight excluding hydrogens is 345 g/mol. The summed E-state index contributed by atoms with van der Waals surface area (Å²) < 4.78 is 26.7. The van der Waals surface area contributed by atoms with E-state index in [0.29, 0.717) is 0 Å². The number of halogens is 2. The molecule has 0 spiro atoms. The van der Waals surface area contributed by atoms with Crippen LogP contribution in [-0.2, 0) is 10.0 Å². The first-order valence-electron chi connectivity index (χ1n) is 5.08. The maximum atomic E-state index is 12.1. The van der Waals surface area contributed by atoms with E-state index in [1.54, 1.807) is 0 Å². The predicted molar refractivity (Wildman–Crippen MR) is 75.9 cm³/mol. The number of thiophene rings is 1. The number of rotatable bonds is 4. The lowest BCUT2D eigenvalue weighted by Crippen LogP contribution is -2.22. The molecule has 1 aromatic carbocycles. The lowest BCUT2D eigenvalue weighted by atomic mass is 10.2. The zero-order chi connectivity index (χ0) is 14.9. The van der Waals surface area contributed by atoms with E-state index < -0.39 is 16.0 Å². The molecule has 0 aliphatic carbocycles. The summed E-state index contributed by atoms with van der Waals surface area (Å²) in [5, 5.41) is 10.6. The summed E-state index contributed by atoms with van der Waals surface area (Å²) in [5.41, 5.74) is 0.151. The Hall–Kier alpha value is -1.28.